The number of carboxylic acids is 1. The maximum atomic E-state index is 13.0. The van der Waals surface area contributed by atoms with Crippen LogP contribution < -0.4 is 5.32 Å². The van der Waals surface area contributed by atoms with E-state index in [2.05, 4.69) is 5.32 Å². The lowest BCUT2D eigenvalue weighted by molar-refractivity contribution is -0.139. The van der Waals surface area contributed by atoms with Crippen molar-refractivity contribution in [3.63, 3.8) is 0 Å². The summed E-state index contributed by atoms with van der Waals surface area (Å²) in [5.74, 6) is -1.67. The normalized spacial score (nSPS) is 11.8. The molecule has 0 unspecified atom stereocenters. The van der Waals surface area contributed by atoms with Gasteiger partial charge in [0.2, 0.25) is 0 Å². The molecular formula is C31H24ClNO5. The predicted octanol–water partition coefficient (Wildman–Crippen LogP) is 6.48. The number of fused-ring (bicyclic) bond motifs is 1. The molecule has 4 aromatic carbocycles. The largest absolute Gasteiger partial charge is 0.508 e. The third-order valence-corrected chi connectivity index (χ3v) is 6.62. The van der Waals surface area contributed by atoms with Crippen molar-refractivity contribution in [1.82, 2.24) is 5.32 Å². The van der Waals surface area contributed by atoms with Crippen molar-refractivity contribution in [1.29, 1.82) is 0 Å². The minimum atomic E-state index is -1.19. The van der Waals surface area contributed by atoms with Crippen molar-refractivity contribution in [2.24, 2.45) is 0 Å². The number of aliphatic carboxylic acids is 1. The van der Waals surface area contributed by atoms with E-state index in [0.29, 0.717) is 17.0 Å². The summed E-state index contributed by atoms with van der Waals surface area (Å²) < 4.78 is 5.73. The Hall–Kier alpha value is -4.55. The molecule has 1 atom stereocenters. The van der Waals surface area contributed by atoms with E-state index in [-0.39, 0.29) is 17.9 Å². The van der Waals surface area contributed by atoms with Gasteiger partial charge in [-0.05, 0) is 76.7 Å². The van der Waals surface area contributed by atoms with Crippen LogP contribution in [0.2, 0.25) is 5.02 Å². The van der Waals surface area contributed by atoms with Crippen LogP contribution in [-0.4, -0.2) is 28.1 Å². The second kappa shape index (κ2) is 10.8. The molecule has 1 amide bonds. The summed E-state index contributed by atoms with van der Waals surface area (Å²) in [6.45, 7) is 0. The van der Waals surface area contributed by atoms with Crippen LogP contribution in [0.25, 0.3) is 22.1 Å². The number of benzene rings is 4. The molecule has 1 heterocycles. The predicted molar refractivity (Wildman–Crippen MR) is 147 cm³/mol. The molecule has 38 heavy (non-hydrogen) atoms. The molecule has 0 aliphatic carbocycles. The lowest BCUT2D eigenvalue weighted by Gasteiger charge is -2.17. The molecule has 7 heteroatoms. The summed E-state index contributed by atoms with van der Waals surface area (Å²) in [4.78, 5) is 25.1. The zero-order valence-corrected chi connectivity index (χ0v) is 21.0. The van der Waals surface area contributed by atoms with E-state index in [9.17, 15) is 19.8 Å². The molecule has 0 bridgehead atoms. The van der Waals surface area contributed by atoms with Gasteiger partial charge in [-0.1, -0.05) is 66.2 Å². The van der Waals surface area contributed by atoms with E-state index in [1.165, 1.54) is 6.07 Å². The highest BCUT2D eigenvalue weighted by Gasteiger charge is 2.24. The third kappa shape index (κ3) is 5.71. The summed E-state index contributed by atoms with van der Waals surface area (Å²) in [6, 6.07) is 27.9. The minimum absolute atomic E-state index is 0.0229. The molecule has 0 fully saturated rings. The van der Waals surface area contributed by atoms with E-state index in [1.54, 1.807) is 36.4 Å². The van der Waals surface area contributed by atoms with Gasteiger partial charge >= 0.3 is 5.97 Å². The molecule has 5 aromatic rings. The molecule has 6 nitrogen and oxygen atoms in total. The Labute approximate surface area is 224 Å². The SMILES string of the molecule is O=C(N[C@@H](Cc1ccc(O)cc1Cc1ccccc1)C(=O)O)c1cc2cc(-c3ccc(Cl)cc3)ccc2o1. The van der Waals surface area contributed by atoms with Gasteiger partial charge in [-0.2, -0.15) is 0 Å². The number of aromatic hydroxyl groups is 1. The zero-order chi connectivity index (χ0) is 26.6. The summed E-state index contributed by atoms with van der Waals surface area (Å²) in [5.41, 5.74) is 4.95. The highest BCUT2D eigenvalue weighted by atomic mass is 35.5. The average Bonchev–Trinajstić information content (AvgIpc) is 3.34. The van der Waals surface area contributed by atoms with Crippen molar-refractivity contribution in [2.45, 2.75) is 18.9 Å². The number of carbonyl (C=O) groups excluding carboxylic acids is 1. The minimum Gasteiger partial charge on any atom is -0.508 e. The van der Waals surface area contributed by atoms with Crippen LogP contribution in [0.5, 0.6) is 5.75 Å². The van der Waals surface area contributed by atoms with Crippen molar-refractivity contribution in [3.05, 3.63) is 125 Å². The Bertz CT molecular complexity index is 1610. The fourth-order valence-electron chi connectivity index (χ4n) is 4.42. The molecule has 3 N–H and O–H groups in total. The van der Waals surface area contributed by atoms with Gasteiger partial charge in [0, 0.05) is 16.8 Å². The molecule has 0 aliphatic heterocycles. The molecule has 5 rings (SSSR count). The molecule has 0 saturated carbocycles. The fraction of sp³-hybridized carbons (Fsp3) is 0.0968. The number of amides is 1. The van der Waals surface area contributed by atoms with Gasteiger partial charge < -0.3 is 19.9 Å². The summed E-state index contributed by atoms with van der Waals surface area (Å²) in [7, 11) is 0. The number of rotatable bonds is 8. The molecule has 1 aromatic heterocycles. The second-order valence-corrected chi connectivity index (χ2v) is 9.49. The van der Waals surface area contributed by atoms with Gasteiger partial charge in [0.1, 0.15) is 17.4 Å². The van der Waals surface area contributed by atoms with Crippen molar-refractivity contribution >= 4 is 34.4 Å². The number of halogens is 1. The summed E-state index contributed by atoms with van der Waals surface area (Å²) >= 11 is 5.99. The second-order valence-electron chi connectivity index (χ2n) is 9.05. The zero-order valence-electron chi connectivity index (χ0n) is 20.2. The van der Waals surface area contributed by atoms with Crippen LogP contribution in [0.15, 0.2) is 101 Å². The van der Waals surface area contributed by atoms with E-state index in [0.717, 1.165) is 33.2 Å². The first-order chi connectivity index (χ1) is 18.4. The molecule has 0 aliphatic rings. The molecule has 0 saturated heterocycles. The Balaban J connectivity index is 1.35. The monoisotopic (exact) mass is 525 g/mol. The highest BCUT2D eigenvalue weighted by Crippen LogP contribution is 2.28. The molecule has 0 spiro atoms. The van der Waals surface area contributed by atoms with Crippen molar-refractivity contribution in [2.75, 3.05) is 0 Å². The first-order valence-corrected chi connectivity index (χ1v) is 12.4. The van der Waals surface area contributed by atoms with Crippen LogP contribution in [-0.2, 0) is 17.6 Å². The third-order valence-electron chi connectivity index (χ3n) is 6.37. The smallest absolute Gasteiger partial charge is 0.326 e. The fourth-order valence-corrected chi connectivity index (χ4v) is 4.54. The van der Waals surface area contributed by atoms with Crippen LogP contribution >= 0.6 is 11.6 Å². The number of nitrogens with one attached hydrogen (secondary N) is 1. The summed E-state index contributed by atoms with van der Waals surface area (Å²) in [5, 5.41) is 23.9. The Morgan fingerprint density at radius 2 is 1.58 bits per heavy atom. The number of furan rings is 1. The van der Waals surface area contributed by atoms with Gasteiger partial charge in [-0.25, -0.2) is 4.79 Å². The Morgan fingerprint density at radius 3 is 2.32 bits per heavy atom. The Morgan fingerprint density at radius 1 is 0.842 bits per heavy atom. The number of phenols is 1. The highest BCUT2D eigenvalue weighted by molar-refractivity contribution is 6.30. The van der Waals surface area contributed by atoms with E-state index in [4.69, 9.17) is 16.0 Å². The standard InChI is InChI=1S/C31H24ClNO5/c32-25-10-6-20(7-11-25)21-9-13-28-24(15-21)18-29(38-28)30(35)33-27(31(36)37)17-22-8-12-26(34)16-23(22)14-19-4-2-1-3-5-19/h1-13,15-16,18,27,34H,14,17H2,(H,33,35)(H,36,37)/t27-/m0/s1. The van der Waals surface area contributed by atoms with Crippen molar-refractivity contribution < 1.29 is 24.2 Å². The quantitative estimate of drug-likeness (QED) is 0.215. The van der Waals surface area contributed by atoms with Crippen LogP contribution in [0.1, 0.15) is 27.2 Å². The van der Waals surface area contributed by atoms with Crippen LogP contribution in [0.3, 0.4) is 0 Å². The summed E-state index contributed by atoms with van der Waals surface area (Å²) in [6.07, 6.45) is 0.564. The maximum absolute atomic E-state index is 13.0. The topological polar surface area (TPSA) is 99.8 Å². The van der Waals surface area contributed by atoms with Gasteiger partial charge in [0.25, 0.3) is 5.91 Å². The average molecular weight is 526 g/mol. The van der Waals surface area contributed by atoms with Gasteiger partial charge in [0.05, 0.1) is 0 Å². The number of hydrogen-bond acceptors (Lipinski definition) is 4. The van der Waals surface area contributed by atoms with Gasteiger partial charge in [-0.3, -0.25) is 4.79 Å². The van der Waals surface area contributed by atoms with E-state index in [1.807, 2.05) is 54.6 Å². The Kier molecular flexibility index (Phi) is 7.15. The lowest BCUT2D eigenvalue weighted by Crippen LogP contribution is -2.42. The first kappa shape index (κ1) is 25.1. The lowest BCUT2D eigenvalue weighted by atomic mass is 9.95. The molecule has 190 valence electrons. The molecular weight excluding hydrogens is 502 g/mol. The van der Waals surface area contributed by atoms with Gasteiger partial charge in [0.15, 0.2) is 5.76 Å². The number of hydrogen-bond donors (Lipinski definition) is 3. The van der Waals surface area contributed by atoms with E-state index < -0.39 is 17.9 Å². The maximum Gasteiger partial charge on any atom is 0.326 e. The molecule has 0 radical (unpaired) electrons. The first-order valence-electron chi connectivity index (χ1n) is 12.0. The van der Waals surface area contributed by atoms with Crippen LogP contribution in [0, 0.1) is 0 Å². The number of carboxylic acid groups (broad SMARTS) is 1. The van der Waals surface area contributed by atoms with E-state index >= 15 is 0 Å². The van der Waals surface area contributed by atoms with Gasteiger partial charge in [-0.15, -0.1) is 0 Å². The van der Waals surface area contributed by atoms with Crippen molar-refractivity contribution in [3.8, 4) is 16.9 Å². The number of carbonyl (C=O) groups is 2. The number of phenolic OH excluding ortho intramolecular Hbond substituents is 1. The van der Waals surface area contributed by atoms with Crippen LogP contribution in [0.4, 0.5) is 0 Å².